The molecule has 14 N–H and O–H groups in total. The van der Waals surface area contributed by atoms with Gasteiger partial charge in [-0.3, -0.25) is 4.55 Å². The predicted octanol–water partition coefficient (Wildman–Crippen LogP) is -2.62. The van der Waals surface area contributed by atoms with Crippen molar-refractivity contribution in [3.63, 3.8) is 0 Å². The van der Waals surface area contributed by atoms with E-state index in [1.807, 2.05) is 6.92 Å². The van der Waals surface area contributed by atoms with Gasteiger partial charge in [-0.2, -0.15) is 8.42 Å². The fourth-order valence-electron chi connectivity index (χ4n) is 16.3. The second kappa shape index (κ2) is 25.5. The number of epoxide rings is 1. The molecule has 496 valence electrons. The maximum atomic E-state index is 12.5. The van der Waals surface area contributed by atoms with Gasteiger partial charge in [0.15, 0.2) is 31.5 Å². The lowest BCUT2D eigenvalue weighted by atomic mass is 9.47. The number of rotatable bonds is 17. The molecule has 0 radical (unpaired) electrons. The summed E-state index contributed by atoms with van der Waals surface area (Å²) in [5.74, 6) is -0.205. The number of fused-ring (bicyclic) bond motifs is 5. The molecular formula is C57H94O28S. The van der Waals surface area contributed by atoms with E-state index >= 15 is 0 Å². The van der Waals surface area contributed by atoms with Crippen molar-refractivity contribution in [2.45, 2.75) is 285 Å². The van der Waals surface area contributed by atoms with Gasteiger partial charge >= 0.3 is 10.4 Å². The first kappa shape index (κ1) is 67.5. The van der Waals surface area contributed by atoms with Crippen molar-refractivity contribution in [1.82, 2.24) is 0 Å². The predicted molar refractivity (Wildman–Crippen MR) is 289 cm³/mol. The first-order valence-corrected chi connectivity index (χ1v) is 31.9. The molecule has 0 spiro atoms. The summed E-state index contributed by atoms with van der Waals surface area (Å²) >= 11 is 0. The zero-order chi connectivity index (χ0) is 62.8. The molecule has 6 heterocycles. The molecule has 0 amide bonds. The van der Waals surface area contributed by atoms with Gasteiger partial charge in [-0.15, -0.1) is 0 Å². The lowest BCUT2D eigenvalue weighted by Gasteiger charge is -2.60. The van der Waals surface area contributed by atoms with Gasteiger partial charge in [0.1, 0.15) is 104 Å². The maximum Gasteiger partial charge on any atom is 0.397 e. The number of hydrogen-bond donors (Lipinski definition) is 14. The third-order valence-corrected chi connectivity index (χ3v) is 22.2. The second-order valence-corrected chi connectivity index (χ2v) is 28.4. The normalized spacial score (nSPS) is 53.6. The smallest absolute Gasteiger partial charge is 0.394 e. The molecule has 28 nitrogen and oxygen atoms in total. The van der Waals surface area contributed by atoms with Crippen LogP contribution in [-0.2, 0) is 66.7 Å². The molecule has 10 aliphatic rings. The zero-order valence-corrected chi connectivity index (χ0v) is 50.8. The maximum absolute atomic E-state index is 12.5. The lowest BCUT2D eigenvalue weighted by Crippen LogP contribution is -2.68. The molecule has 17 unspecified atom stereocenters. The highest BCUT2D eigenvalue weighted by Crippen LogP contribution is 2.68. The van der Waals surface area contributed by atoms with Crippen LogP contribution in [0.15, 0.2) is 11.6 Å². The Morgan fingerprint density at radius 3 is 1.79 bits per heavy atom. The van der Waals surface area contributed by atoms with Gasteiger partial charge in [0.25, 0.3) is 0 Å². The first-order valence-electron chi connectivity index (χ1n) is 30.6. The zero-order valence-electron chi connectivity index (χ0n) is 50.0. The SMILES string of the molecule is CC1O[C@@H](OC2C(O)[C@H](O[C@@H]3OC[C@H](O)C(O)C3O[C@@H]3OC(C)[C@H](O)C(O)C3O)C(C)O[C@H]2OC2C(O)[C@H](O[C@H]3CC4C(=CC[C@@]5(C)C4CC[C@@H]5[C@@](C)(O)[C@@H]4O[C@H]4[C@@H](C)C(C)C)[C@@]4(C)CC[C@H](OS(=O)(=O)O)CC34)OC(CO)[C@H]2O)C(O)C(O)[C@@H]1O. The lowest BCUT2D eigenvalue weighted by molar-refractivity contribution is -0.403. The summed E-state index contributed by atoms with van der Waals surface area (Å²) < 4.78 is 107. The van der Waals surface area contributed by atoms with Crippen LogP contribution < -0.4 is 0 Å². The highest BCUT2D eigenvalue weighted by molar-refractivity contribution is 7.80. The van der Waals surface area contributed by atoms with Gasteiger partial charge < -0.3 is 118 Å². The Hall–Kier alpha value is -1.35. The summed E-state index contributed by atoms with van der Waals surface area (Å²) in [6.45, 7) is 15.4. The molecule has 29 heteroatoms. The van der Waals surface area contributed by atoms with Crippen LogP contribution in [0.4, 0.5) is 0 Å². The molecular weight excluding hydrogens is 1160 g/mol. The fraction of sp³-hybridized carbons (Fsp3) is 0.965. The van der Waals surface area contributed by atoms with E-state index in [1.165, 1.54) is 20.8 Å². The van der Waals surface area contributed by atoms with Crippen molar-refractivity contribution in [3.05, 3.63) is 11.6 Å². The first-order chi connectivity index (χ1) is 40.2. The average molecular weight is 1260 g/mol. The van der Waals surface area contributed by atoms with Crippen molar-refractivity contribution in [2.75, 3.05) is 13.2 Å². The molecule has 0 bridgehead atoms. The van der Waals surface area contributed by atoms with Crippen molar-refractivity contribution >= 4 is 10.4 Å². The standard InChI is InChI=1S/C57H94O28S/c1-20(2)21(3)44-49(80-44)57(9,70)33-11-10-27-26-17-31(29-16-25(85-86(71,72)73)12-14-55(29,7)28(26)13-15-56(27,33)8)78-52-43(69)46(37(63)32(18-58)79-52)82-54-48(84-51-41(67)39(65)35(61)23(5)76-51)42(68)45(24(6)77-54)81-53-47(36(62)30(59)19-74-53)83-50-40(66)38(64)34(60)22(4)75-50/h13,20-27,29-54,58-70H,10-12,14-19H2,1-9H3,(H,71,72,73)/t21-,22?,23?,24?,25-,26?,27?,29?,30-,31-,32?,33-,34-,35+,36?,37+,38?,39?,40?,41?,42?,43?,44-,45+,46?,47?,48?,49+,50-,51-,52+,53-,54-,55+,56-,57+/m0/s1. The summed E-state index contributed by atoms with van der Waals surface area (Å²) in [6.07, 6.45) is -37.6. The number of allylic oxidation sites excluding steroid dienone is 2. The van der Waals surface area contributed by atoms with E-state index in [1.54, 1.807) is 0 Å². The number of aliphatic hydroxyl groups is 13. The fourth-order valence-corrected chi connectivity index (χ4v) is 16.8. The quantitative estimate of drug-likeness (QED) is 0.0403. The molecule has 9 fully saturated rings. The summed E-state index contributed by atoms with van der Waals surface area (Å²) in [5.41, 5.74) is -1.04. The van der Waals surface area contributed by atoms with Crippen LogP contribution in [0.2, 0.25) is 0 Å². The minimum absolute atomic E-state index is 0.0293. The van der Waals surface area contributed by atoms with Crippen molar-refractivity contribution in [3.8, 4) is 0 Å². The monoisotopic (exact) mass is 1260 g/mol. The van der Waals surface area contributed by atoms with E-state index in [0.717, 1.165) is 18.4 Å². The van der Waals surface area contributed by atoms with Gasteiger partial charge in [0.2, 0.25) is 0 Å². The van der Waals surface area contributed by atoms with Crippen LogP contribution in [0.25, 0.3) is 0 Å². The van der Waals surface area contributed by atoms with Gasteiger partial charge in [-0.1, -0.05) is 46.3 Å². The second-order valence-electron chi connectivity index (χ2n) is 27.3. The summed E-state index contributed by atoms with van der Waals surface area (Å²) in [6, 6.07) is 0. The van der Waals surface area contributed by atoms with Crippen LogP contribution in [0.1, 0.15) is 107 Å². The van der Waals surface area contributed by atoms with E-state index in [9.17, 15) is 79.4 Å². The molecule has 6 saturated heterocycles. The minimum atomic E-state index is -4.89. The van der Waals surface area contributed by atoms with E-state index in [0.29, 0.717) is 25.2 Å². The summed E-state index contributed by atoms with van der Waals surface area (Å²) in [7, 11) is -4.89. The molecule has 6 aliphatic heterocycles. The molecule has 0 aromatic rings. The van der Waals surface area contributed by atoms with Gasteiger partial charge in [0, 0.05) is 0 Å². The van der Waals surface area contributed by atoms with Gasteiger partial charge in [-0.25, -0.2) is 4.18 Å². The third kappa shape index (κ3) is 12.5. The Morgan fingerprint density at radius 2 is 1.20 bits per heavy atom. The molecule has 36 atom stereocenters. The average Bonchev–Trinajstić information content (AvgIpc) is 1.41. The van der Waals surface area contributed by atoms with E-state index in [4.69, 9.17) is 56.3 Å². The minimum Gasteiger partial charge on any atom is -0.394 e. The Kier molecular flexibility index (Phi) is 20.0. The van der Waals surface area contributed by atoms with Crippen LogP contribution in [0, 0.1) is 46.3 Å². The van der Waals surface area contributed by atoms with Crippen molar-refractivity contribution in [1.29, 1.82) is 0 Å². The van der Waals surface area contributed by atoms with Crippen LogP contribution in [0.3, 0.4) is 0 Å². The molecule has 3 saturated carbocycles. The number of ether oxygens (including phenoxy) is 11. The molecule has 86 heavy (non-hydrogen) atoms. The Labute approximate surface area is 500 Å². The van der Waals surface area contributed by atoms with E-state index in [2.05, 4.69) is 40.7 Å². The number of hydrogen-bond acceptors (Lipinski definition) is 27. The number of aliphatic hydroxyl groups excluding tert-OH is 12. The largest absolute Gasteiger partial charge is 0.397 e. The Bertz CT molecular complexity index is 2460. The molecule has 10 rings (SSSR count). The van der Waals surface area contributed by atoms with E-state index in [-0.39, 0.29) is 48.7 Å². The van der Waals surface area contributed by atoms with Crippen molar-refractivity contribution in [2.24, 2.45) is 46.3 Å². The van der Waals surface area contributed by atoms with Gasteiger partial charge in [-0.05, 0) is 119 Å². The van der Waals surface area contributed by atoms with Crippen LogP contribution in [-0.4, -0.2) is 270 Å². The summed E-state index contributed by atoms with van der Waals surface area (Å²) in [5, 5.41) is 146. The highest BCUT2D eigenvalue weighted by atomic mass is 32.3. The molecule has 0 aromatic heterocycles. The van der Waals surface area contributed by atoms with Crippen LogP contribution >= 0.6 is 0 Å². The Morgan fingerprint density at radius 1 is 0.628 bits per heavy atom. The van der Waals surface area contributed by atoms with Crippen molar-refractivity contribution < 1.29 is 136 Å². The highest BCUT2D eigenvalue weighted by Gasteiger charge is 2.67. The molecule has 0 aromatic carbocycles. The molecule has 4 aliphatic carbocycles. The van der Waals surface area contributed by atoms with Gasteiger partial charge in [0.05, 0.1) is 55.4 Å². The van der Waals surface area contributed by atoms with Crippen LogP contribution in [0.5, 0.6) is 0 Å². The third-order valence-electron chi connectivity index (χ3n) is 21.7. The van der Waals surface area contributed by atoms with E-state index < -0.39 is 206 Å². The summed E-state index contributed by atoms with van der Waals surface area (Å²) in [4.78, 5) is 0. The topological polar surface area (TPSA) is 431 Å². The Balaban J connectivity index is 0.925.